The summed E-state index contributed by atoms with van der Waals surface area (Å²) in [5.74, 6) is 4.60. The summed E-state index contributed by atoms with van der Waals surface area (Å²) >= 11 is 0. The molecule has 0 saturated heterocycles. The van der Waals surface area contributed by atoms with Gasteiger partial charge in [0.2, 0.25) is 11.8 Å². The van der Waals surface area contributed by atoms with Crippen LogP contribution >= 0.6 is 0 Å². The van der Waals surface area contributed by atoms with Crippen LogP contribution in [0, 0.1) is 5.41 Å². The zero-order valence-corrected chi connectivity index (χ0v) is 11.2. The number of primary amides is 1. The zero-order chi connectivity index (χ0) is 13.8. The number of carbonyl (C=O) groups excluding carboxylic acids is 2. The molecule has 0 heterocycles. The molecule has 5 N–H and O–H groups in total. The Labute approximate surface area is 108 Å². The molecule has 18 heavy (non-hydrogen) atoms. The highest BCUT2D eigenvalue weighted by molar-refractivity contribution is 5.81. The van der Waals surface area contributed by atoms with E-state index < -0.39 is 5.41 Å². The van der Waals surface area contributed by atoms with Crippen LogP contribution in [-0.4, -0.2) is 35.8 Å². The molecule has 0 aromatic rings. The Bertz CT molecular complexity index is 311. The van der Waals surface area contributed by atoms with Crippen LogP contribution in [0.1, 0.15) is 39.5 Å². The average Bonchev–Trinajstić information content (AvgIpc) is 2.79. The molecule has 0 bridgehead atoms. The lowest BCUT2D eigenvalue weighted by molar-refractivity contribution is -0.132. The van der Waals surface area contributed by atoms with Crippen molar-refractivity contribution >= 4 is 11.8 Å². The lowest BCUT2D eigenvalue weighted by atomic mass is 9.91. The molecule has 1 aliphatic carbocycles. The van der Waals surface area contributed by atoms with Gasteiger partial charge in [0, 0.05) is 12.6 Å². The van der Waals surface area contributed by atoms with Crippen LogP contribution in [0.2, 0.25) is 0 Å². The maximum Gasteiger partial charge on any atom is 0.240 e. The summed E-state index contributed by atoms with van der Waals surface area (Å²) in [6, 6.07) is 0.349. The zero-order valence-electron chi connectivity index (χ0n) is 11.2. The molecule has 6 heteroatoms. The first kappa shape index (κ1) is 14.9. The van der Waals surface area contributed by atoms with Crippen LogP contribution in [0.4, 0.5) is 0 Å². The van der Waals surface area contributed by atoms with Gasteiger partial charge in [-0.05, 0) is 26.7 Å². The lowest BCUT2D eigenvalue weighted by Crippen LogP contribution is -2.51. The Hall–Kier alpha value is -1.14. The molecule has 1 rings (SSSR count). The van der Waals surface area contributed by atoms with Gasteiger partial charge in [0.15, 0.2) is 0 Å². The van der Waals surface area contributed by atoms with Gasteiger partial charge in [0.25, 0.3) is 0 Å². The predicted molar refractivity (Wildman–Crippen MR) is 69.1 cm³/mol. The molecule has 104 valence electrons. The van der Waals surface area contributed by atoms with Crippen LogP contribution in [0.3, 0.4) is 0 Å². The maximum atomic E-state index is 11.7. The standard InChI is InChI=1S/C12H24N4O2/c1-12(2,11(18)15-14)8-16(7-10(13)17)9-5-3-4-6-9/h9H,3-8,14H2,1-2H3,(H2,13,17)(H,15,18). The van der Waals surface area contributed by atoms with E-state index >= 15 is 0 Å². The number of nitrogens with zero attached hydrogens (tertiary/aromatic N) is 1. The molecule has 6 nitrogen and oxygen atoms in total. The number of nitrogens with two attached hydrogens (primary N) is 2. The number of nitrogens with one attached hydrogen (secondary N) is 1. The maximum absolute atomic E-state index is 11.7. The minimum absolute atomic E-state index is 0.200. The molecular weight excluding hydrogens is 232 g/mol. The summed E-state index contributed by atoms with van der Waals surface area (Å²) in [5.41, 5.74) is 6.82. The largest absolute Gasteiger partial charge is 0.369 e. The van der Waals surface area contributed by atoms with Gasteiger partial charge in [-0.2, -0.15) is 0 Å². The number of carbonyl (C=O) groups is 2. The van der Waals surface area contributed by atoms with Gasteiger partial charge < -0.3 is 5.73 Å². The fraction of sp³-hybridized carbons (Fsp3) is 0.833. The molecular formula is C12H24N4O2. The predicted octanol–water partition coefficient (Wildman–Crippen LogP) is -0.268. The van der Waals surface area contributed by atoms with Gasteiger partial charge in [-0.25, -0.2) is 5.84 Å². The second-order valence-corrected chi connectivity index (χ2v) is 5.67. The first-order valence-corrected chi connectivity index (χ1v) is 6.40. The highest BCUT2D eigenvalue weighted by Crippen LogP contribution is 2.27. The second-order valence-electron chi connectivity index (χ2n) is 5.67. The van der Waals surface area contributed by atoms with Gasteiger partial charge in [-0.3, -0.25) is 19.9 Å². The Morgan fingerprint density at radius 3 is 2.33 bits per heavy atom. The van der Waals surface area contributed by atoms with Crippen molar-refractivity contribution in [3.8, 4) is 0 Å². The fourth-order valence-electron chi connectivity index (χ4n) is 2.56. The molecule has 0 aliphatic heterocycles. The number of rotatable bonds is 6. The summed E-state index contributed by atoms with van der Waals surface area (Å²) in [6.45, 7) is 4.33. The lowest BCUT2D eigenvalue weighted by Gasteiger charge is -2.34. The van der Waals surface area contributed by atoms with E-state index in [1.807, 2.05) is 18.7 Å². The number of hydrogen-bond donors (Lipinski definition) is 3. The molecule has 0 unspecified atom stereocenters. The van der Waals surface area contributed by atoms with Crippen molar-refractivity contribution in [2.45, 2.75) is 45.6 Å². The van der Waals surface area contributed by atoms with Crippen LogP contribution in [0.15, 0.2) is 0 Å². The quantitative estimate of drug-likeness (QED) is 0.346. The second kappa shape index (κ2) is 6.15. The van der Waals surface area contributed by atoms with Gasteiger partial charge in [0.05, 0.1) is 12.0 Å². The van der Waals surface area contributed by atoms with E-state index in [9.17, 15) is 9.59 Å². The fourth-order valence-corrected chi connectivity index (χ4v) is 2.56. The van der Waals surface area contributed by atoms with E-state index in [0.717, 1.165) is 12.8 Å². The van der Waals surface area contributed by atoms with Crippen molar-refractivity contribution in [1.29, 1.82) is 0 Å². The van der Waals surface area contributed by atoms with E-state index in [1.165, 1.54) is 12.8 Å². The highest BCUT2D eigenvalue weighted by Gasteiger charge is 2.33. The minimum atomic E-state index is -0.632. The topological polar surface area (TPSA) is 101 Å². The Morgan fingerprint density at radius 1 is 1.33 bits per heavy atom. The van der Waals surface area contributed by atoms with E-state index in [-0.39, 0.29) is 18.4 Å². The Kier molecular flexibility index (Phi) is 5.10. The average molecular weight is 256 g/mol. The molecule has 1 aliphatic rings. The van der Waals surface area contributed by atoms with Crippen LogP contribution in [0.5, 0.6) is 0 Å². The van der Waals surface area contributed by atoms with Crippen LogP contribution in [-0.2, 0) is 9.59 Å². The third-order valence-corrected chi connectivity index (χ3v) is 3.54. The number of hydrogen-bond acceptors (Lipinski definition) is 4. The molecule has 1 saturated carbocycles. The monoisotopic (exact) mass is 256 g/mol. The van der Waals surface area contributed by atoms with Gasteiger partial charge in [-0.15, -0.1) is 0 Å². The first-order valence-electron chi connectivity index (χ1n) is 6.40. The normalized spacial score (nSPS) is 17.1. The third kappa shape index (κ3) is 3.96. The van der Waals surface area contributed by atoms with Crippen LogP contribution in [0.25, 0.3) is 0 Å². The smallest absolute Gasteiger partial charge is 0.240 e. The van der Waals surface area contributed by atoms with Crippen molar-refractivity contribution in [2.24, 2.45) is 17.0 Å². The molecule has 0 aromatic heterocycles. The van der Waals surface area contributed by atoms with Gasteiger partial charge in [0.1, 0.15) is 0 Å². The Balaban J connectivity index is 2.70. The SMILES string of the molecule is CC(C)(CN(CC(N)=O)C1CCCC1)C(=O)NN. The molecule has 0 spiro atoms. The van der Waals surface area contributed by atoms with E-state index in [1.54, 1.807) is 0 Å². The van der Waals surface area contributed by atoms with E-state index in [4.69, 9.17) is 11.6 Å². The van der Waals surface area contributed by atoms with Gasteiger partial charge >= 0.3 is 0 Å². The summed E-state index contributed by atoms with van der Waals surface area (Å²) in [4.78, 5) is 24.9. The summed E-state index contributed by atoms with van der Waals surface area (Å²) in [7, 11) is 0. The Morgan fingerprint density at radius 2 is 1.89 bits per heavy atom. The van der Waals surface area contributed by atoms with Gasteiger partial charge in [-0.1, -0.05) is 12.8 Å². The van der Waals surface area contributed by atoms with Crippen LogP contribution < -0.4 is 17.0 Å². The third-order valence-electron chi connectivity index (χ3n) is 3.54. The molecule has 0 aromatic carbocycles. The van der Waals surface area contributed by atoms with Crippen molar-refractivity contribution in [1.82, 2.24) is 10.3 Å². The molecule has 2 amide bonds. The van der Waals surface area contributed by atoms with Crippen molar-refractivity contribution in [3.05, 3.63) is 0 Å². The summed E-state index contributed by atoms with van der Waals surface area (Å²) in [5, 5.41) is 0. The first-order chi connectivity index (χ1) is 8.36. The minimum Gasteiger partial charge on any atom is -0.369 e. The van der Waals surface area contributed by atoms with Crippen molar-refractivity contribution in [2.75, 3.05) is 13.1 Å². The van der Waals surface area contributed by atoms with E-state index in [2.05, 4.69) is 5.43 Å². The van der Waals surface area contributed by atoms with E-state index in [0.29, 0.717) is 12.6 Å². The summed E-state index contributed by atoms with van der Waals surface area (Å²) < 4.78 is 0. The van der Waals surface area contributed by atoms with Crippen molar-refractivity contribution < 1.29 is 9.59 Å². The molecule has 1 fully saturated rings. The molecule has 0 atom stereocenters. The highest BCUT2D eigenvalue weighted by atomic mass is 16.2. The number of amides is 2. The summed E-state index contributed by atoms with van der Waals surface area (Å²) in [6.07, 6.45) is 4.47. The van der Waals surface area contributed by atoms with Crippen molar-refractivity contribution in [3.63, 3.8) is 0 Å². The number of hydrazine groups is 1. The molecule has 0 radical (unpaired) electrons.